The molecular formula is C16H17ClNO4P. The molecule has 0 N–H and O–H groups in total. The highest BCUT2D eigenvalue weighted by Gasteiger charge is 2.21. The van der Waals surface area contributed by atoms with Crippen molar-refractivity contribution < 1.29 is 18.9 Å². The Balaban J connectivity index is 2.23. The third kappa shape index (κ3) is 4.64. The lowest BCUT2D eigenvalue weighted by atomic mass is 10.1. The summed E-state index contributed by atoms with van der Waals surface area (Å²) in [5.41, 5.74) is 0. The van der Waals surface area contributed by atoms with Crippen molar-refractivity contribution in [1.82, 2.24) is 0 Å². The fourth-order valence-corrected chi connectivity index (χ4v) is 2.96. The van der Waals surface area contributed by atoms with E-state index in [0.717, 1.165) is 10.8 Å². The molecule has 0 aliphatic carbocycles. The zero-order chi connectivity index (χ0) is 17.0. The van der Waals surface area contributed by atoms with Gasteiger partial charge in [0.05, 0.1) is 11.1 Å². The van der Waals surface area contributed by atoms with Gasteiger partial charge >= 0.3 is 14.1 Å². The van der Waals surface area contributed by atoms with Gasteiger partial charge in [-0.2, -0.15) is 0 Å². The third-order valence-corrected chi connectivity index (χ3v) is 4.13. The van der Waals surface area contributed by atoms with Gasteiger partial charge in [0.2, 0.25) is 5.75 Å². The Morgan fingerprint density at radius 2 is 1.91 bits per heavy atom. The molecule has 2 atom stereocenters. The van der Waals surface area contributed by atoms with Crippen LogP contribution in [0.3, 0.4) is 0 Å². The van der Waals surface area contributed by atoms with Crippen LogP contribution in [0.2, 0.25) is 5.02 Å². The molecule has 0 saturated heterocycles. The number of hydrogen-bond acceptors (Lipinski definition) is 5. The number of hydrogen-bond donors (Lipinski definition) is 0. The van der Waals surface area contributed by atoms with Crippen molar-refractivity contribution in [2.75, 3.05) is 0 Å². The van der Waals surface area contributed by atoms with Gasteiger partial charge in [0.15, 0.2) is 6.04 Å². The van der Waals surface area contributed by atoms with Crippen molar-refractivity contribution in [2.24, 2.45) is 4.74 Å². The van der Waals surface area contributed by atoms with Crippen LogP contribution in [0, 0.1) is 0 Å². The number of carbonyl (C=O) groups is 1. The van der Waals surface area contributed by atoms with Crippen molar-refractivity contribution in [3.05, 3.63) is 41.4 Å². The second kappa shape index (κ2) is 7.73. The average molecular weight is 354 g/mol. The van der Waals surface area contributed by atoms with Gasteiger partial charge in [-0.25, -0.2) is 4.79 Å². The van der Waals surface area contributed by atoms with Gasteiger partial charge in [-0.05, 0) is 32.2 Å². The van der Waals surface area contributed by atoms with Crippen LogP contribution in [-0.2, 0) is 9.53 Å². The fourth-order valence-electron chi connectivity index (χ4n) is 1.93. The summed E-state index contributed by atoms with van der Waals surface area (Å²) in [7, 11) is -2.45. The van der Waals surface area contributed by atoms with E-state index in [1.54, 1.807) is 19.9 Å². The number of carbonyl (C=O) groups excluding carboxylic acids is 1. The number of benzene rings is 2. The van der Waals surface area contributed by atoms with E-state index in [2.05, 4.69) is 4.74 Å². The lowest BCUT2D eigenvalue weighted by molar-refractivity contribution is -0.169. The van der Waals surface area contributed by atoms with Crippen LogP contribution < -0.4 is 9.42 Å². The molecule has 2 aromatic carbocycles. The topological polar surface area (TPSA) is 71.0 Å². The van der Waals surface area contributed by atoms with E-state index in [4.69, 9.17) is 20.9 Å². The Bertz CT molecular complexity index is 748. The van der Waals surface area contributed by atoms with Crippen LogP contribution in [0.25, 0.3) is 10.8 Å². The Kier molecular flexibility index (Phi) is 5.94. The van der Waals surface area contributed by atoms with Gasteiger partial charge in [0.1, 0.15) is 0 Å². The molecule has 0 aromatic heterocycles. The number of ether oxygens (including phenoxy) is 1. The minimum atomic E-state index is -2.45. The van der Waals surface area contributed by atoms with Crippen LogP contribution in [0.1, 0.15) is 20.8 Å². The Labute approximate surface area is 140 Å². The molecule has 5 nitrogen and oxygen atoms in total. The van der Waals surface area contributed by atoms with E-state index < -0.39 is 20.2 Å². The SMILES string of the molecule is CC(C)OC(=O)C(C)/N=[P+](\[O-])Oc1c(Cl)ccc2ccccc12. The number of esters is 1. The van der Waals surface area contributed by atoms with E-state index in [1.807, 2.05) is 30.3 Å². The molecule has 0 bridgehead atoms. The smallest absolute Gasteiger partial charge is 0.395 e. The summed E-state index contributed by atoms with van der Waals surface area (Å²) in [6, 6.07) is 10.1. The van der Waals surface area contributed by atoms with Crippen molar-refractivity contribution >= 4 is 36.5 Å². The monoisotopic (exact) mass is 353 g/mol. The molecule has 0 fully saturated rings. The average Bonchev–Trinajstić information content (AvgIpc) is 2.49. The first kappa shape index (κ1) is 17.7. The summed E-state index contributed by atoms with van der Waals surface area (Å²) in [6.07, 6.45) is -0.258. The van der Waals surface area contributed by atoms with Crippen LogP contribution in [0.4, 0.5) is 0 Å². The van der Waals surface area contributed by atoms with E-state index in [-0.39, 0.29) is 6.10 Å². The first-order chi connectivity index (χ1) is 10.9. The first-order valence-corrected chi connectivity index (χ1v) is 8.63. The zero-order valence-corrected chi connectivity index (χ0v) is 14.7. The van der Waals surface area contributed by atoms with E-state index in [1.165, 1.54) is 6.92 Å². The standard InChI is InChI=1S/C16H17ClNO4P/c1-10(2)21-16(19)11(3)18-23(20)22-15-13-7-5-4-6-12(13)8-9-14(15)17/h4-11H,1-3H3. The molecule has 0 heterocycles. The van der Waals surface area contributed by atoms with Crippen LogP contribution in [-0.4, -0.2) is 18.1 Å². The highest BCUT2D eigenvalue weighted by atomic mass is 35.5. The van der Waals surface area contributed by atoms with Gasteiger partial charge in [-0.1, -0.05) is 46.7 Å². The van der Waals surface area contributed by atoms with E-state index in [0.29, 0.717) is 10.8 Å². The summed E-state index contributed by atoms with van der Waals surface area (Å²) >= 11 is 6.13. The number of fused-ring (bicyclic) bond motifs is 1. The van der Waals surface area contributed by atoms with Crippen LogP contribution in [0.15, 0.2) is 41.1 Å². The second-order valence-corrected chi connectivity index (χ2v) is 6.50. The van der Waals surface area contributed by atoms with Gasteiger partial charge in [0, 0.05) is 5.39 Å². The van der Waals surface area contributed by atoms with Crippen LogP contribution in [0.5, 0.6) is 5.75 Å². The molecule has 2 unspecified atom stereocenters. The third-order valence-electron chi connectivity index (χ3n) is 2.96. The van der Waals surface area contributed by atoms with Gasteiger partial charge in [0.25, 0.3) is 0 Å². The summed E-state index contributed by atoms with van der Waals surface area (Å²) in [6.45, 7) is 4.97. The Morgan fingerprint density at radius 3 is 2.61 bits per heavy atom. The minimum Gasteiger partial charge on any atom is -0.575 e. The van der Waals surface area contributed by atoms with Crippen molar-refractivity contribution in [1.29, 1.82) is 0 Å². The molecule has 0 radical (unpaired) electrons. The second-order valence-electron chi connectivity index (χ2n) is 5.20. The van der Waals surface area contributed by atoms with E-state index in [9.17, 15) is 9.69 Å². The molecule has 23 heavy (non-hydrogen) atoms. The van der Waals surface area contributed by atoms with Crippen molar-refractivity contribution in [3.63, 3.8) is 0 Å². The quantitative estimate of drug-likeness (QED) is 0.600. The molecule has 0 saturated carbocycles. The van der Waals surface area contributed by atoms with Gasteiger partial charge in [-0.3, -0.25) is 4.52 Å². The summed E-state index contributed by atoms with van der Waals surface area (Å²) in [5, 5.41) is 1.97. The maximum Gasteiger partial charge on any atom is 0.395 e. The van der Waals surface area contributed by atoms with Gasteiger partial charge in [-0.15, -0.1) is 0 Å². The summed E-state index contributed by atoms with van der Waals surface area (Å²) in [5.74, 6) is -0.255. The molecule has 0 amide bonds. The van der Waals surface area contributed by atoms with Crippen LogP contribution >= 0.6 is 19.8 Å². The predicted molar refractivity (Wildman–Crippen MR) is 89.6 cm³/mol. The molecule has 122 valence electrons. The number of rotatable bonds is 5. The summed E-state index contributed by atoms with van der Waals surface area (Å²) < 4.78 is 14.2. The zero-order valence-electron chi connectivity index (χ0n) is 13.0. The van der Waals surface area contributed by atoms with Crippen molar-refractivity contribution in [3.8, 4) is 5.75 Å². The van der Waals surface area contributed by atoms with Gasteiger partial charge < -0.3 is 9.63 Å². The highest BCUT2D eigenvalue weighted by molar-refractivity contribution is 7.34. The lowest BCUT2D eigenvalue weighted by Crippen LogP contribution is -2.21. The van der Waals surface area contributed by atoms with E-state index >= 15 is 0 Å². The summed E-state index contributed by atoms with van der Waals surface area (Å²) in [4.78, 5) is 23.8. The molecule has 0 aliphatic rings. The number of halogens is 1. The largest absolute Gasteiger partial charge is 0.575 e. The maximum absolute atomic E-state index is 12.1. The first-order valence-electron chi connectivity index (χ1n) is 7.12. The predicted octanol–water partition coefficient (Wildman–Crippen LogP) is 4.07. The highest BCUT2D eigenvalue weighted by Crippen LogP contribution is 2.37. The Morgan fingerprint density at radius 1 is 1.22 bits per heavy atom. The number of nitrogens with zero attached hydrogens (tertiary/aromatic N) is 1. The molecule has 0 spiro atoms. The Hall–Kier alpha value is -1.68. The lowest BCUT2D eigenvalue weighted by Gasteiger charge is -2.09. The fraction of sp³-hybridized carbons (Fsp3) is 0.312. The maximum atomic E-state index is 12.1. The van der Waals surface area contributed by atoms with Crippen molar-refractivity contribution in [2.45, 2.75) is 32.9 Å². The normalized spacial score (nSPS) is 13.2. The molecule has 2 rings (SSSR count). The molecule has 0 aliphatic heterocycles. The molecular weight excluding hydrogens is 337 g/mol. The minimum absolute atomic E-state index is 0.258. The molecule has 2 aromatic rings. The molecule has 7 heteroatoms.